The monoisotopic (exact) mass is 229 g/mol. The van der Waals surface area contributed by atoms with Gasteiger partial charge in [-0.25, -0.2) is 0 Å². The number of hydrogen-bond donors (Lipinski definition) is 2. The first kappa shape index (κ1) is 11.4. The molecule has 4 heteroatoms. The number of benzene rings is 1. The molecule has 0 saturated heterocycles. The topological polar surface area (TPSA) is 71.8 Å². The van der Waals surface area contributed by atoms with Crippen molar-refractivity contribution in [3.63, 3.8) is 0 Å². The molecule has 1 amide bonds. The number of rotatable bonds is 4. The van der Waals surface area contributed by atoms with Gasteiger partial charge >= 0.3 is 0 Å². The van der Waals surface area contributed by atoms with Crippen LogP contribution in [-0.4, -0.2) is 16.1 Å². The van der Waals surface area contributed by atoms with Crippen molar-refractivity contribution < 1.29 is 4.79 Å². The summed E-state index contributed by atoms with van der Waals surface area (Å²) in [5, 5.41) is 6.72. The first-order valence-electron chi connectivity index (χ1n) is 5.51. The Labute approximate surface area is 99.8 Å². The Hall–Kier alpha value is -2.10. The van der Waals surface area contributed by atoms with Crippen molar-refractivity contribution in [2.24, 2.45) is 5.73 Å². The fourth-order valence-electron chi connectivity index (χ4n) is 1.89. The zero-order valence-corrected chi connectivity index (χ0v) is 9.68. The summed E-state index contributed by atoms with van der Waals surface area (Å²) in [5.41, 5.74) is 8.45. The summed E-state index contributed by atoms with van der Waals surface area (Å²) in [6.45, 7) is 2.00. The number of aryl methyl sites for hydroxylation is 1. The van der Waals surface area contributed by atoms with Crippen LogP contribution in [0.2, 0.25) is 0 Å². The van der Waals surface area contributed by atoms with E-state index in [9.17, 15) is 4.79 Å². The number of amides is 1. The van der Waals surface area contributed by atoms with Gasteiger partial charge in [0, 0.05) is 18.3 Å². The smallest absolute Gasteiger partial charge is 0.225 e. The Bertz CT molecular complexity index is 505. The third-order valence-electron chi connectivity index (χ3n) is 2.77. The fourth-order valence-corrected chi connectivity index (χ4v) is 1.89. The molecule has 17 heavy (non-hydrogen) atoms. The summed E-state index contributed by atoms with van der Waals surface area (Å²) in [5.74, 6) is -0.624. The lowest BCUT2D eigenvalue weighted by Crippen LogP contribution is -2.23. The van der Waals surface area contributed by atoms with Crippen LogP contribution in [0.1, 0.15) is 22.7 Å². The molecule has 0 aliphatic heterocycles. The third kappa shape index (κ3) is 2.72. The maximum atomic E-state index is 11.5. The second-order valence-corrected chi connectivity index (χ2v) is 4.16. The van der Waals surface area contributed by atoms with E-state index in [-0.39, 0.29) is 11.8 Å². The van der Waals surface area contributed by atoms with E-state index in [1.54, 1.807) is 6.20 Å². The number of nitrogens with zero attached hydrogens (tertiary/aromatic N) is 1. The van der Waals surface area contributed by atoms with Crippen LogP contribution in [-0.2, 0) is 11.2 Å². The number of nitrogens with two attached hydrogens (primary N) is 1. The third-order valence-corrected chi connectivity index (χ3v) is 2.77. The molecule has 88 valence electrons. The second-order valence-electron chi connectivity index (χ2n) is 4.16. The minimum absolute atomic E-state index is 0.310. The zero-order valence-electron chi connectivity index (χ0n) is 9.68. The van der Waals surface area contributed by atoms with E-state index in [2.05, 4.69) is 10.2 Å². The number of primary amides is 1. The van der Waals surface area contributed by atoms with Crippen molar-refractivity contribution >= 4 is 5.91 Å². The van der Waals surface area contributed by atoms with E-state index in [0.29, 0.717) is 6.42 Å². The highest BCUT2D eigenvalue weighted by Crippen LogP contribution is 2.20. The van der Waals surface area contributed by atoms with E-state index >= 15 is 0 Å². The van der Waals surface area contributed by atoms with E-state index in [1.165, 1.54) is 0 Å². The SMILES string of the molecule is Cc1cccc(C(Cc2ccn[nH]2)C(N)=O)c1. The molecule has 1 heterocycles. The molecule has 0 saturated carbocycles. The van der Waals surface area contributed by atoms with Crippen molar-refractivity contribution in [2.45, 2.75) is 19.3 Å². The van der Waals surface area contributed by atoms with Crippen molar-refractivity contribution in [3.8, 4) is 0 Å². The highest BCUT2D eigenvalue weighted by molar-refractivity contribution is 5.82. The van der Waals surface area contributed by atoms with Crippen LogP contribution >= 0.6 is 0 Å². The molecule has 2 aromatic rings. The quantitative estimate of drug-likeness (QED) is 0.834. The molecule has 1 aromatic carbocycles. The Balaban J connectivity index is 2.26. The Morgan fingerprint density at radius 1 is 1.47 bits per heavy atom. The molecule has 0 bridgehead atoms. The van der Waals surface area contributed by atoms with Gasteiger partial charge in [0.2, 0.25) is 5.91 Å². The van der Waals surface area contributed by atoms with E-state index in [4.69, 9.17) is 5.73 Å². The molecule has 0 aliphatic carbocycles. The van der Waals surface area contributed by atoms with E-state index in [0.717, 1.165) is 16.8 Å². The number of hydrogen-bond acceptors (Lipinski definition) is 2. The highest BCUT2D eigenvalue weighted by Gasteiger charge is 2.18. The van der Waals surface area contributed by atoms with Crippen LogP contribution in [0.3, 0.4) is 0 Å². The summed E-state index contributed by atoms with van der Waals surface area (Å²) in [4.78, 5) is 11.5. The van der Waals surface area contributed by atoms with Gasteiger partial charge in [-0.15, -0.1) is 0 Å². The molecule has 1 unspecified atom stereocenters. The predicted octanol–water partition coefficient (Wildman–Crippen LogP) is 1.53. The van der Waals surface area contributed by atoms with Gasteiger partial charge in [0.25, 0.3) is 0 Å². The maximum Gasteiger partial charge on any atom is 0.225 e. The molecule has 4 nitrogen and oxygen atoms in total. The Morgan fingerprint density at radius 3 is 2.88 bits per heavy atom. The van der Waals surface area contributed by atoms with Gasteiger partial charge in [-0.3, -0.25) is 9.89 Å². The Morgan fingerprint density at radius 2 is 2.29 bits per heavy atom. The summed E-state index contributed by atoms with van der Waals surface area (Å²) in [6.07, 6.45) is 2.22. The molecule has 3 N–H and O–H groups in total. The number of aromatic amines is 1. The number of carbonyl (C=O) groups is 1. The predicted molar refractivity (Wildman–Crippen MR) is 65.4 cm³/mol. The number of aromatic nitrogens is 2. The van der Waals surface area contributed by atoms with Crippen LogP contribution < -0.4 is 5.73 Å². The number of carbonyl (C=O) groups excluding carboxylic acids is 1. The van der Waals surface area contributed by atoms with Gasteiger partial charge in [-0.1, -0.05) is 29.8 Å². The van der Waals surface area contributed by atoms with Crippen LogP contribution in [0.5, 0.6) is 0 Å². The molecule has 0 fully saturated rings. The Kier molecular flexibility index (Phi) is 3.23. The summed E-state index contributed by atoms with van der Waals surface area (Å²) < 4.78 is 0. The lowest BCUT2D eigenvalue weighted by atomic mass is 9.92. The molecule has 0 aliphatic rings. The average Bonchev–Trinajstić information content (AvgIpc) is 2.78. The molecule has 1 atom stereocenters. The summed E-state index contributed by atoms with van der Waals surface area (Å²) >= 11 is 0. The minimum Gasteiger partial charge on any atom is -0.369 e. The van der Waals surface area contributed by atoms with Crippen LogP contribution in [0.15, 0.2) is 36.5 Å². The van der Waals surface area contributed by atoms with Gasteiger partial charge in [0.15, 0.2) is 0 Å². The van der Waals surface area contributed by atoms with Gasteiger partial charge in [0.05, 0.1) is 5.92 Å². The van der Waals surface area contributed by atoms with Crippen LogP contribution in [0.4, 0.5) is 0 Å². The molecular weight excluding hydrogens is 214 g/mol. The number of H-pyrrole nitrogens is 1. The largest absolute Gasteiger partial charge is 0.369 e. The van der Waals surface area contributed by atoms with E-state index < -0.39 is 0 Å². The average molecular weight is 229 g/mol. The molecular formula is C13H15N3O. The summed E-state index contributed by atoms with van der Waals surface area (Å²) in [6, 6.07) is 9.71. The van der Waals surface area contributed by atoms with Gasteiger partial charge < -0.3 is 5.73 Å². The molecule has 1 aromatic heterocycles. The number of nitrogens with one attached hydrogen (secondary N) is 1. The van der Waals surface area contributed by atoms with Crippen molar-refractivity contribution in [1.82, 2.24) is 10.2 Å². The van der Waals surface area contributed by atoms with E-state index in [1.807, 2.05) is 37.3 Å². The molecule has 2 rings (SSSR count). The minimum atomic E-state index is -0.315. The van der Waals surface area contributed by atoms with Crippen LogP contribution in [0.25, 0.3) is 0 Å². The molecule has 0 radical (unpaired) electrons. The normalized spacial score (nSPS) is 12.3. The molecule has 0 spiro atoms. The standard InChI is InChI=1S/C13H15N3O/c1-9-3-2-4-10(7-9)12(13(14)17)8-11-5-6-15-16-11/h2-7,12H,8H2,1H3,(H2,14,17)(H,15,16). The lowest BCUT2D eigenvalue weighted by Gasteiger charge is -2.13. The zero-order chi connectivity index (χ0) is 12.3. The summed E-state index contributed by atoms with van der Waals surface area (Å²) in [7, 11) is 0. The van der Waals surface area contributed by atoms with Crippen LogP contribution in [0, 0.1) is 6.92 Å². The van der Waals surface area contributed by atoms with Crippen molar-refractivity contribution in [2.75, 3.05) is 0 Å². The first-order chi connectivity index (χ1) is 8.16. The van der Waals surface area contributed by atoms with Crippen molar-refractivity contribution in [1.29, 1.82) is 0 Å². The van der Waals surface area contributed by atoms with Gasteiger partial charge in [0.1, 0.15) is 0 Å². The van der Waals surface area contributed by atoms with Gasteiger partial charge in [-0.2, -0.15) is 5.10 Å². The highest BCUT2D eigenvalue weighted by atomic mass is 16.1. The second kappa shape index (κ2) is 4.82. The van der Waals surface area contributed by atoms with Gasteiger partial charge in [-0.05, 0) is 18.6 Å². The first-order valence-corrected chi connectivity index (χ1v) is 5.51. The lowest BCUT2D eigenvalue weighted by molar-refractivity contribution is -0.119. The fraction of sp³-hybridized carbons (Fsp3) is 0.231. The maximum absolute atomic E-state index is 11.5. The van der Waals surface area contributed by atoms with Crippen molar-refractivity contribution in [3.05, 3.63) is 53.3 Å².